The molecule has 0 bridgehead atoms. The lowest BCUT2D eigenvalue weighted by molar-refractivity contribution is -0.128. The van der Waals surface area contributed by atoms with Crippen molar-refractivity contribution >= 4 is 11.6 Å². The molecule has 4 nitrogen and oxygen atoms in total. The van der Waals surface area contributed by atoms with E-state index in [0.29, 0.717) is 12.1 Å². The minimum Gasteiger partial charge on any atom is -0.399 e. The molecule has 2 fully saturated rings. The summed E-state index contributed by atoms with van der Waals surface area (Å²) in [5.74, 6) is 0.469. The van der Waals surface area contributed by atoms with Crippen LogP contribution in [0.5, 0.6) is 0 Å². The molecule has 2 aliphatic rings. The Balaban J connectivity index is 1.50. The van der Waals surface area contributed by atoms with Crippen LogP contribution in [0.2, 0.25) is 0 Å². The highest BCUT2D eigenvalue weighted by Gasteiger charge is 2.30. The Morgan fingerprint density at radius 3 is 2.75 bits per heavy atom. The molecule has 0 radical (unpaired) electrons. The third kappa shape index (κ3) is 4.50. The highest BCUT2D eigenvalue weighted by molar-refractivity contribution is 5.79. The van der Waals surface area contributed by atoms with Gasteiger partial charge >= 0.3 is 0 Å². The number of amides is 1. The molecule has 1 aliphatic carbocycles. The summed E-state index contributed by atoms with van der Waals surface area (Å²) in [5, 5.41) is 3.31. The first-order chi connectivity index (χ1) is 11.6. The van der Waals surface area contributed by atoms with Crippen molar-refractivity contribution in [2.24, 2.45) is 5.92 Å². The van der Waals surface area contributed by atoms with E-state index < -0.39 is 0 Å². The van der Waals surface area contributed by atoms with Gasteiger partial charge in [-0.2, -0.15) is 0 Å². The Kier molecular flexibility index (Phi) is 5.77. The van der Waals surface area contributed by atoms with Crippen LogP contribution in [0.3, 0.4) is 0 Å². The van der Waals surface area contributed by atoms with Gasteiger partial charge in [0.15, 0.2) is 0 Å². The quantitative estimate of drug-likeness (QED) is 0.833. The smallest absolute Gasteiger partial charge is 0.223 e. The largest absolute Gasteiger partial charge is 0.399 e. The molecule has 1 aliphatic heterocycles. The van der Waals surface area contributed by atoms with Gasteiger partial charge < -0.3 is 11.1 Å². The fourth-order valence-corrected chi connectivity index (χ4v) is 4.19. The number of hydrogen-bond acceptors (Lipinski definition) is 3. The van der Waals surface area contributed by atoms with Gasteiger partial charge in [0.05, 0.1) is 0 Å². The number of rotatable bonds is 4. The Morgan fingerprint density at radius 2 is 2.04 bits per heavy atom. The zero-order valence-corrected chi connectivity index (χ0v) is 14.8. The second kappa shape index (κ2) is 8.02. The van der Waals surface area contributed by atoms with Crippen molar-refractivity contribution in [2.45, 2.75) is 70.5 Å². The van der Waals surface area contributed by atoms with Crippen molar-refractivity contribution in [1.82, 2.24) is 10.2 Å². The molecule has 1 saturated heterocycles. The van der Waals surface area contributed by atoms with Crippen LogP contribution in [-0.4, -0.2) is 29.4 Å². The molecule has 4 heteroatoms. The number of benzene rings is 1. The SMILES string of the molecule is C[C@H]1C[C@@H](C(=O)NC2CCCCC2)CCN1Cc1cccc(N)c1. The molecule has 3 N–H and O–H groups in total. The van der Waals surface area contributed by atoms with Crippen molar-refractivity contribution in [2.75, 3.05) is 12.3 Å². The molecule has 0 unspecified atom stereocenters. The number of nitrogens with two attached hydrogens (primary N) is 1. The highest BCUT2D eigenvalue weighted by Crippen LogP contribution is 2.26. The van der Waals surface area contributed by atoms with Crippen molar-refractivity contribution in [1.29, 1.82) is 0 Å². The third-order valence-corrected chi connectivity index (χ3v) is 5.67. The molecule has 1 aromatic rings. The fourth-order valence-electron chi connectivity index (χ4n) is 4.19. The predicted molar refractivity (Wildman–Crippen MR) is 98.5 cm³/mol. The van der Waals surface area contributed by atoms with E-state index in [1.165, 1.54) is 24.8 Å². The van der Waals surface area contributed by atoms with E-state index in [1.807, 2.05) is 12.1 Å². The molecule has 1 heterocycles. The monoisotopic (exact) mass is 329 g/mol. The first kappa shape index (κ1) is 17.3. The zero-order valence-electron chi connectivity index (χ0n) is 14.8. The van der Waals surface area contributed by atoms with E-state index in [-0.39, 0.29) is 11.8 Å². The van der Waals surface area contributed by atoms with E-state index >= 15 is 0 Å². The molecule has 0 spiro atoms. The number of nitrogen functional groups attached to an aromatic ring is 1. The molecule has 3 rings (SSSR count). The zero-order chi connectivity index (χ0) is 16.9. The van der Waals surface area contributed by atoms with Crippen molar-refractivity contribution in [3.8, 4) is 0 Å². The van der Waals surface area contributed by atoms with E-state index in [0.717, 1.165) is 44.5 Å². The number of nitrogens with one attached hydrogen (secondary N) is 1. The van der Waals surface area contributed by atoms with Gasteiger partial charge in [-0.15, -0.1) is 0 Å². The number of nitrogens with zero attached hydrogens (tertiary/aromatic N) is 1. The topological polar surface area (TPSA) is 58.4 Å². The first-order valence-electron chi connectivity index (χ1n) is 9.50. The van der Waals surface area contributed by atoms with E-state index in [2.05, 4.69) is 29.3 Å². The first-order valence-corrected chi connectivity index (χ1v) is 9.50. The number of hydrogen-bond donors (Lipinski definition) is 2. The van der Waals surface area contributed by atoms with Gasteiger partial charge in [0.1, 0.15) is 0 Å². The van der Waals surface area contributed by atoms with Gasteiger partial charge in [-0.3, -0.25) is 9.69 Å². The molecular formula is C20H31N3O. The van der Waals surface area contributed by atoms with Crippen LogP contribution in [0.25, 0.3) is 0 Å². The fraction of sp³-hybridized carbons (Fsp3) is 0.650. The molecule has 1 amide bonds. The van der Waals surface area contributed by atoms with Gasteiger partial charge in [-0.25, -0.2) is 0 Å². The van der Waals surface area contributed by atoms with Crippen molar-refractivity contribution < 1.29 is 4.79 Å². The highest BCUT2D eigenvalue weighted by atomic mass is 16.1. The van der Waals surface area contributed by atoms with Crippen LogP contribution in [0.4, 0.5) is 5.69 Å². The number of anilines is 1. The van der Waals surface area contributed by atoms with Crippen LogP contribution in [0, 0.1) is 5.92 Å². The van der Waals surface area contributed by atoms with Crippen LogP contribution in [0.1, 0.15) is 57.4 Å². The number of carbonyl (C=O) groups is 1. The summed E-state index contributed by atoms with van der Waals surface area (Å²) < 4.78 is 0. The summed E-state index contributed by atoms with van der Waals surface area (Å²) in [7, 11) is 0. The van der Waals surface area contributed by atoms with Crippen LogP contribution in [0.15, 0.2) is 24.3 Å². The lowest BCUT2D eigenvalue weighted by Gasteiger charge is -2.37. The number of piperidine rings is 1. The number of likely N-dealkylation sites (tertiary alicyclic amines) is 1. The molecule has 0 aromatic heterocycles. The second-order valence-corrected chi connectivity index (χ2v) is 7.63. The maximum absolute atomic E-state index is 12.6. The Hall–Kier alpha value is -1.55. The number of carbonyl (C=O) groups excluding carboxylic acids is 1. The average Bonchev–Trinajstić information content (AvgIpc) is 2.57. The second-order valence-electron chi connectivity index (χ2n) is 7.63. The molecule has 1 aromatic carbocycles. The summed E-state index contributed by atoms with van der Waals surface area (Å²) in [6.07, 6.45) is 8.10. The molecule has 2 atom stereocenters. The predicted octanol–water partition coefficient (Wildman–Crippen LogP) is 3.32. The summed E-state index contributed by atoms with van der Waals surface area (Å²) in [6, 6.07) is 8.97. The maximum atomic E-state index is 12.6. The van der Waals surface area contributed by atoms with Gasteiger partial charge in [0.2, 0.25) is 5.91 Å². The Morgan fingerprint density at radius 1 is 1.25 bits per heavy atom. The van der Waals surface area contributed by atoms with Crippen LogP contribution < -0.4 is 11.1 Å². The van der Waals surface area contributed by atoms with Crippen LogP contribution in [-0.2, 0) is 11.3 Å². The van der Waals surface area contributed by atoms with E-state index in [4.69, 9.17) is 5.73 Å². The van der Waals surface area contributed by atoms with Gasteiger partial charge in [0, 0.05) is 30.2 Å². The minimum atomic E-state index is 0.180. The molecule has 132 valence electrons. The average molecular weight is 329 g/mol. The molecule has 24 heavy (non-hydrogen) atoms. The Bertz CT molecular complexity index is 554. The van der Waals surface area contributed by atoms with E-state index in [9.17, 15) is 4.79 Å². The summed E-state index contributed by atoms with van der Waals surface area (Å²) >= 11 is 0. The standard InChI is InChI=1S/C20H31N3O/c1-15-12-17(20(24)22-19-8-3-2-4-9-19)10-11-23(15)14-16-6-5-7-18(21)13-16/h5-7,13,15,17,19H,2-4,8-12,14,21H2,1H3,(H,22,24)/t15-,17-/m0/s1. The van der Waals surface area contributed by atoms with Crippen molar-refractivity contribution in [3.63, 3.8) is 0 Å². The normalized spacial score (nSPS) is 26.2. The minimum absolute atomic E-state index is 0.180. The Labute approximate surface area is 145 Å². The van der Waals surface area contributed by atoms with Gasteiger partial charge in [-0.1, -0.05) is 31.4 Å². The van der Waals surface area contributed by atoms with Crippen LogP contribution >= 0.6 is 0 Å². The molecular weight excluding hydrogens is 298 g/mol. The van der Waals surface area contributed by atoms with Gasteiger partial charge in [-0.05, 0) is 56.8 Å². The van der Waals surface area contributed by atoms with E-state index in [1.54, 1.807) is 0 Å². The maximum Gasteiger partial charge on any atom is 0.223 e. The molecule has 1 saturated carbocycles. The summed E-state index contributed by atoms with van der Waals surface area (Å²) in [4.78, 5) is 15.0. The summed E-state index contributed by atoms with van der Waals surface area (Å²) in [6.45, 7) is 4.15. The summed E-state index contributed by atoms with van der Waals surface area (Å²) in [5.41, 5.74) is 7.96. The third-order valence-electron chi connectivity index (χ3n) is 5.67. The lowest BCUT2D eigenvalue weighted by atomic mass is 9.89. The van der Waals surface area contributed by atoms with Crippen molar-refractivity contribution in [3.05, 3.63) is 29.8 Å². The van der Waals surface area contributed by atoms with Gasteiger partial charge in [0.25, 0.3) is 0 Å². The lowest BCUT2D eigenvalue weighted by Crippen LogP contribution is -2.47.